The zero-order chi connectivity index (χ0) is 14.6. The van der Waals surface area contributed by atoms with Crippen LogP contribution in [0.2, 0.25) is 0 Å². The number of allylic oxidation sites excluding steroid dienone is 3. The van der Waals surface area contributed by atoms with E-state index in [4.69, 9.17) is 4.74 Å². The molecule has 0 bridgehead atoms. The molecular weight excluding hydrogens is 250 g/mol. The standard InChI is InChI=1S/C16H25N3O/c1-5-8-15(20-12(2)3)16(4)10-7-6-9-13(16)14-11-17-19-18-14/h6-7,9-13,15H,5,8H2,1-4H3,(H,17,18,19). The lowest BCUT2D eigenvalue weighted by atomic mass is 9.68. The number of hydrogen-bond donors (Lipinski definition) is 1. The largest absolute Gasteiger partial charge is 0.375 e. The summed E-state index contributed by atoms with van der Waals surface area (Å²) in [5.41, 5.74) is 0.882. The molecule has 0 aliphatic heterocycles. The van der Waals surface area contributed by atoms with Crippen LogP contribution >= 0.6 is 0 Å². The van der Waals surface area contributed by atoms with E-state index in [0.29, 0.717) is 0 Å². The molecule has 0 spiro atoms. The zero-order valence-electron chi connectivity index (χ0n) is 12.8. The van der Waals surface area contributed by atoms with Crippen LogP contribution in [0.1, 0.15) is 52.1 Å². The third-order valence-corrected chi connectivity index (χ3v) is 3.97. The first-order chi connectivity index (χ1) is 9.58. The Hall–Kier alpha value is -1.42. The first-order valence-corrected chi connectivity index (χ1v) is 7.45. The van der Waals surface area contributed by atoms with Crippen molar-refractivity contribution in [3.63, 3.8) is 0 Å². The Morgan fingerprint density at radius 3 is 2.80 bits per heavy atom. The molecule has 1 aromatic heterocycles. The summed E-state index contributed by atoms with van der Waals surface area (Å²) in [6.45, 7) is 8.65. The monoisotopic (exact) mass is 275 g/mol. The van der Waals surface area contributed by atoms with Crippen molar-refractivity contribution in [1.29, 1.82) is 0 Å². The molecule has 1 aliphatic rings. The van der Waals surface area contributed by atoms with Crippen molar-refractivity contribution in [2.45, 2.75) is 58.7 Å². The minimum absolute atomic E-state index is 0.0914. The molecule has 3 atom stereocenters. The maximum atomic E-state index is 6.22. The second kappa shape index (κ2) is 6.35. The highest BCUT2D eigenvalue weighted by atomic mass is 16.5. The van der Waals surface area contributed by atoms with E-state index >= 15 is 0 Å². The van der Waals surface area contributed by atoms with Gasteiger partial charge in [-0.1, -0.05) is 44.6 Å². The van der Waals surface area contributed by atoms with Gasteiger partial charge >= 0.3 is 0 Å². The molecule has 2 rings (SSSR count). The summed E-state index contributed by atoms with van der Waals surface area (Å²) in [5.74, 6) is 0.196. The minimum atomic E-state index is -0.0914. The maximum Gasteiger partial charge on any atom is 0.0902 e. The number of H-pyrrole nitrogens is 1. The third kappa shape index (κ3) is 3.01. The Kier molecular flexibility index (Phi) is 4.76. The topological polar surface area (TPSA) is 50.8 Å². The van der Waals surface area contributed by atoms with Gasteiger partial charge in [0.2, 0.25) is 0 Å². The number of aromatic amines is 1. The van der Waals surface area contributed by atoms with Gasteiger partial charge in [-0.15, -0.1) is 0 Å². The molecule has 110 valence electrons. The highest BCUT2D eigenvalue weighted by molar-refractivity contribution is 5.29. The van der Waals surface area contributed by atoms with Crippen molar-refractivity contribution in [1.82, 2.24) is 15.4 Å². The fourth-order valence-electron chi connectivity index (χ4n) is 2.95. The molecule has 0 fully saturated rings. The van der Waals surface area contributed by atoms with Crippen molar-refractivity contribution < 1.29 is 4.74 Å². The molecule has 4 nitrogen and oxygen atoms in total. The smallest absolute Gasteiger partial charge is 0.0902 e. The second-order valence-electron chi connectivity index (χ2n) is 5.94. The number of rotatable bonds is 6. The van der Waals surface area contributed by atoms with Gasteiger partial charge in [0, 0.05) is 11.3 Å². The van der Waals surface area contributed by atoms with E-state index in [2.05, 4.69) is 67.4 Å². The molecule has 1 aliphatic carbocycles. The molecule has 1 heterocycles. The van der Waals surface area contributed by atoms with E-state index in [1.807, 2.05) is 6.20 Å². The van der Waals surface area contributed by atoms with Gasteiger partial charge in [0.1, 0.15) is 0 Å². The number of nitrogens with one attached hydrogen (secondary N) is 1. The van der Waals surface area contributed by atoms with Crippen LogP contribution < -0.4 is 0 Å². The normalized spacial score (nSPS) is 27.1. The predicted octanol–water partition coefficient (Wildman–Crippen LogP) is 3.61. The first kappa shape index (κ1) is 15.0. The van der Waals surface area contributed by atoms with Crippen LogP contribution in [0.15, 0.2) is 30.5 Å². The summed E-state index contributed by atoms with van der Waals surface area (Å²) in [5, 5.41) is 11.0. The quantitative estimate of drug-likeness (QED) is 0.862. The van der Waals surface area contributed by atoms with Crippen molar-refractivity contribution in [3.05, 3.63) is 36.2 Å². The average molecular weight is 275 g/mol. The molecule has 4 heteroatoms. The van der Waals surface area contributed by atoms with Crippen LogP contribution in [0, 0.1) is 5.41 Å². The van der Waals surface area contributed by atoms with Gasteiger partial charge in [0.15, 0.2) is 0 Å². The van der Waals surface area contributed by atoms with Crippen molar-refractivity contribution in [2.75, 3.05) is 0 Å². The van der Waals surface area contributed by atoms with Crippen LogP contribution in [-0.4, -0.2) is 27.6 Å². The van der Waals surface area contributed by atoms with Crippen LogP contribution in [0.5, 0.6) is 0 Å². The summed E-state index contributed by atoms with van der Waals surface area (Å²) >= 11 is 0. The Morgan fingerprint density at radius 2 is 2.20 bits per heavy atom. The van der Waals surface area contributed by atoms with Crippen molar-refractivity contribution in [3.8, 4) is 0 Å². The first-order valence-electron chi connectivity index (χ1n) is 7.45. The fraction of sp³-hybridized carbons (Fsp3) is 0.625. The molecular formula is C16H25N3O. The van der Waals surface area contributed by atoms with Gasteiger partial charge in [0.25, 0.3) is 0 Å². The summed E-state index contributed by atoms with van der Waals surface area (Å²) in [4.78, 5) is 0. The van der Waals surface area contributed by atoms with Gasteiger partial charge in [-0.25, -0.2) is 0 Å². The SMILES string of the molecule is CCCC(OC(C)C)C1(C)C=CC=CC1c1cn[nH]n1. The second-order valence-corrected chi connectivity index (χ2v) is 5.94. The van der Waals surface area contributed by atoms with Gasteiger partial charge in [0.05, 0.1) is 24.1 Å². The number of ether oxygens (including phenoxy) is 1. The van der Waals surface area contributed by atoms with E-state index in [-0.39, 0.29) is 23.5 Å². The van der Waals surface area contributed by atoms with E-state index < -0.39 is 0 Å². The molecule has 1 aromatic rings. The van der Waals surface area contributed by atoms with Gasteiger partial charge in [-0.05, 0) is 20.3 Å². The van der Waals surface area contributed by atoms with E-state index in [0.717, 1.165) is 18.5 Å². The van der Waals surface area contributed by atoms with Gasteiger partial charge in [-0.2, -0.15) is 15.4 Å². The zero-order valence-corrected chi connectivity index (χ0v) is 12.8. The average Bonchev–Trinajstić information content (AvgIpc) is 2.92. The lowest BCUT2D eigenvalue weighted by Crippen LogP contribution is -2.40. The molecule has 0 saturated carbocycles. The summed E-state index contributed by atoms with van der Waals surface area (Å²) in [6.07, 6.45) is 13.0. The van der Waals surface area contributed by atoms with Crippen molar-refractivity contribution in [2.24, 2.45) is 5.41 Å². The predicted molar refractivity (Wildman–Crippen MR) is 80.4 cm³/mol. The lowest BCUT2D eigenvalue weighted by Gasteiger charge is -2.41. The Morgan fingerprint density at radius 1 is 1.40 bits per heavy atom. The molecule has 1 N–H and O–H groups in total. The van der Waals surface area contributed by atoms with E-state index in [1.54, 1.807) is 0 Å². The Labute approximate surface area is 121 Å². The highest BCUT2D eigenvalue weighted by Gasteiger charge is 2.41. The molecule has 0 amide bonds. The summed E-state index contributed by atoms with van der Waals surface area (Å²) in [6, 6.07) is 0. The van der Waals surface area contributed by atoms with Gasteiger partial charge < -0.3 is 4.74 Å². The number of aromatic nitrogens is 3. The van der Waals surface area contributed by atoms with Gasteiger partial charge in [-0.3, -0.25) is 0 Å². The van der Waals surface area contributed by atoms with Crippen LogP contribution in [0.3, 0.4) is 0 Å². The highest BCUT2D eigenvalue weighted by Crippen LogP contribution is 2.45. The minimum Gasteiger partial charge on any atom is -0.375 e. The maximum absolute atomic E-state index is 6.22. The lowest BCUT2D eigenvalue weighted by molar-refractivity contribution is -0.0572. The Bertz CT molecular complexity index is 464. The Balaban J connectivity index is 2.31. The number of hydrogen-bond acceptors (Lipinski definition) is 3. The van der Waals surface area contributed by atoms with Crippen LogP contribution in [0.4, 0.5) is 0 Å². The molecule has 0 saturated heterocycles. The molecule has 0 aromatic carbocycles. The molecule has 20 heavy (non-hydrogen) atoms. The van der Waals surface area contributed by atoms with Crippen molar-refractivity contribution >= 4 is 0 Å². The fourth-order valence-corrected chi connectivity index (χ4v) is 2.95. The summed E-state index contributed by atoms with van der Waals surface area (Å²) < 4.78 is 6.22. The van der Waals surface area contributed by atoms with Crippen LogP contribution in [0.25, 0.3) is 0 Å². The summed E-state index contributed by atoms with van der Waals surface area (Å²) in [7, 11) is 0. The third-order valence-electron chi connectivity index (χ3n) is 3.97. The number of nitrogens with zero attached hydrogens (tertiary/aromatic N) is 2. The van der Waals surface area contributed by atoms with E-state index in [1.165, 1.54) is 0 Å². The molecule has 3 unspecified atom stereocenters. The molecule has 0 radical (unpaired) electrons. The van der Waals surface area contributed by atoms with E-state index in [9.17, 15) is 0 Å². The van der Waals surface area contributed by atoms with Crippen LogP contribution in [-0.2, 0) is 4.74 Å².